The second-order valence-electron chi connectivity index (χ2n) is 5.65. The standard InChI is InChI=1S/C19H25NO3/c1-14-9-10-19(22-3)18(11-14)15(2)20-12-16(21)13-23-17-7-5-4-6-8-17/h4-11,15-16,20-21H,12-13H2,1-3H3. The van der Waals surface area contributed by atoms with Crippen LogP contribution in [0.2, 0.25) is 0 Å². The molecule has 4 nitrogen and oxygen atoms in total. The SMILES string of the molecule is COc1ccc(C)cc1C(C)NCC(O)COc1ccccc1. The van der Waals surface area contributed by atoms with E-state index in [1.807, 2.05) is 42.5 Å². The molecular formula is C19H25NO3. The number of aliphatic hydroxyl groups is 1. The van der Waals surface area contributed by atoms with Gasteiger partial charge in [-0.15, -0.1) is 0 Å². The van der Waals surface area contributed by atoms with Crippen LogP contribution in [0.4, 0.5) is 0 Å². The van der Waals surface area contributed by atoms with Crippen molar-refractivity contribution >= 4 is 0 Å². The number of hydrogen-bond donors (Lipinski definition) is 2. The van der Waals surface area contributed by atoms with Crippen LogP contribution in [0.1, 0.15) is 24.1 Å². The van der Waals surface area contributed by atoms with E-state index in [9.17, 15) is 5.11 Å². The smallest absolute Gasteiger partial charge is 0.123 e. The first kappa shape index (κ1) is 17.3. The number of para-hydroxylation sites is 1. The molecule has 0 aliphatic rings. The Kier molecular flexibility index (Phi) is 6.44. The number of rotatable bonds is 8. The van der Waals surface area contributed by atoms with Crippen molar-refractivity contribution in [3.63, 3.8) is 0 Å². The molecule has 2 atom stereocenters. The van der Waals surface area contributed by atoms with Crippen LogP contribution in [-0.4, -0.2) is 31.5 Å². The van der Waals surface area contributed by atoms with Gasteiger partial charge < -0.3 is 19.9 Å². The van der Waals surface area contributed by atoms with Gasteiger partial charge in [0, 0.05) is 18.2 Å². The molecule has 0 spiro atoms. The number of benzene rings is 2. The Morgan fingerprint density at radius 3 is 2.57 bits per heavy atom. The zero-order chi connectivity index (χ0) is 16.7. The summed E-state index contributed by atoms with van der Waals surface area (Å²) in [5, 5.41) is 13.4. The summed E-state index contributed by atoms with van der Waals surface area (Å²) in [6.07, 6.45) is -0.575. The van der Waals surface area contributed by atoms with Gasteiger partial charge in [-0.3, -0.25) is 0 Å². The van der Waals surface area contributed by atoms with Crippen molar-refractivity contribution in [3.05, 3.63) is 59.7 Å². The molecule has 0 fully saturated rings. The number of aryl methyl sites for hydroxylation is 1. The van der Waals surface area contributed by atoms with Crippen molar-refractivity contribution in [2.24, 2.45) is 0 Å². The van der Waals surface area contributed by atoms with Gasteiger partial charge in [-0.2, -0.15) is 0 Å². The van der Waals surface area contributed by atoms with Crippen LogP contribution < -0.4 is 14.8 Å². The van der Waals surface area contributed by atoms with Gasteiger partial charge in [-0.1, -0.05) is 35.9 Å². The molecule has 0 saturated carbocycles. The quantitative estimate of drug-likeness (QED) is 0.786. The van der Waals surface area contributed by atoms with E-state index in [4.69, 9.17) is 9.47 Å². The van der Waals surface area contributed by atoms with Crippen LogP contribution in [0.25, 0.3) is 0 Å². The molecule has 23 heavy (non-hydrogen) atoms. The van der Waals surface area contributed by atoms with E-state index < -0.39 is 6.10 Å². The highest BCUT2D eigenvalue weighted by Gasteiger charge is 2.13. The predicted molar refractivity (Wildman–Crippen MR) is 92.1 cm³/mol. The highest BCUT2D eigenvalue weighted by molar-refractivity contribution is 5.38. The highest BCUT2D eigenvalue weighted by atomic mass is 16.5. The molecule has 0 amide bonds. The van der Waals surface area contributed by atoms with Gasteiger partial charge >= 0.3 is 0 Å². The zero-order valence-corrected chi connectivity index (χ0v) is 14.0. The first-order chi connectivity index (χ1) is 11.1. The van der Waals surface area contributed by atoms with Crippen molar-refractivity contribution in [2.45, 2.75) is 26.0 Å². The molecular weight excluding hydrogens is 290 g/mol. The Bertz CT molecular complexity index is 601. The van der Waals surface area contributed by atoms with Crippen LogP contribution in [0.15, 0.2) is 48.5 Å². The predicted octanol–water partition coefficient (Wildman–Crippen LogP) is 3.09. The Balaban J connectivity index is 1.84. The summed E-state index contributed by atoms with van der Waals surface area (Å²) in [6.45, 7) is 4.82. The Morgan fingerprint density at radius 2 is 1.87 bits per heavy atom. The lowest BCUT2D eigenvalue weighted by molar-refractivity contribution is 0.104. The molecule has 0 saturated heterocycles. The van der Waals surface area contributed by atoms with Crippen LogP contribution in [-0.2, 0) is 0 Å². The minimum absolute atomic E-state index is 0.0798. The summed E-state index contributed by atoms with van der Waals surface area (Å²) in [5.74, 6) is 1.62. The zero-order valence-electron chi connectivity index (χ0n) is 14.0. The first-order valence-electron chi connectivity index (χ1n) is 7.84. The molecule has 2 N–H and O–H groups in total. The second kappa shape index (κ2) is 8.56. The summed E-state index contributed by atoms with van der Waals surface area (Å²) in [4.78, 5) is 0. The molecule has 0 aliphatic carbocycles. The van der Waals surface area contributed by atoms with Gasteiger partial charge in [0.1, 0.15) is 24.2 Å². The van der Waals surface area contributed by atoms with Crippen molar-refractivity contribution in [1.82, 2.24) is 5.32 Å². The molecule has 0 heterocycles. The van der Waals surface area contributed by atoms with Gasteiger partial charge in [-0.05, 0) is 32.0 Å². The lowest BCUT2D eigenvalue weighted by Crippen LogP contribution is -2.33. The molecule has 0 aromatic heterocycles. The third kappa shape index (κ3) is 5.27. The van der Waals surface area contributed by atoms with Crippen molar-refractivity contribution < 1.29 is 14.6 Å². The molecule has 0 aliphatic heterocycles. The average molecular weight is 315 g/mol. The molecule has 2 aromatic carbocycles. The largest absolute Gasteiger partial charge is 0.496 e. The Labute approximate surface area is 138 Å². The van der Waals surface area contributed by atoms with Crippen molar-refractivity contribution in [1.29, 1.82) is 0 Å². The van der Waals surface area contributed by atoms with Crippen LogP contribution in [0.3, 0.4) is 0 Å². The first-order valence-corrected chi connectivity index (χ1v) is 7.84. The van der Waals surface area contributed by atoms with Gasteiger partial charge in [0.05, 0.1) is 7.11 Å². The van der Waals surface area contributed by atoms with Gasteiger partial charge in [0.2, 0.25) is 0 Å². The van der Waals surface area contributed by atoms with Gasteiger partial charge in [-0.25, -0.2) is 0 Å². The van der Waals surface area contributed by atoms with E-state index in [-0.39, 0.29) is 12.6 Å². The molecule has 124 valence electrons. The maximum Gasteiger partial charge on any atom is 0.123 e. The topological polar surface area (TPSA) is 50.7 Å². The van der Waals surface area contributed by atoms with E-state index in [1.165, 1.54) is 5.56 Å². The fourth-order valence-corrected chi connectivity index (χ4v) is 2.38. The third-order valence-electron chi connectivity index (χ3n) is 3.70. The third-order valence-corrected chi connectivity index (χ3v) is 3.70. The summed E-state index contributed by atoms with van der Waals surface area (Å²) < 4.78 is 11.0. The molecule has 4 heteroatoms. The van der Waals surface area contributed by atoms with Gasteiger partial charge in [0.15, 0.2) is 0 Å². The maximum absolute atomic E-state index is 10.1. The van der Waals surface area contributed by atoms with E-state index in [0.717, 1.165) is 17.1 Å². The monoisotopic (exact) mass is 315 g/mol. The summed E-state index contributed by atoms with van der Waals surface area (Å²) in [6, 6.07) is 15.7. The van der Waals surface area contributed by atoms with Gasteiger partial charge in [0.25, 0.3) is 0 Å². The van der Waals surface area contributed by atoms with E-state index in [2.05, 4.69) is 25.2 Å². The van der Waals surface area contributed by atoms with Crippen LogP contribution in [0, 0.1) is 6.92 Å². The van der Waals surface area contributed by atoms with Crippen LogP contribution in [0.5, 0.6) is 11.5 Å². The number of methoxy groups -OCH3 is 1. The fourth-order valence-electron chi connectivity index (χ4n) is 2.38. The number of hydrogen-bond acceptors (Lipinski definition) is 4. The lowest BCUT2D eigenvalue weighted by Gasteiger charge is -2.20. The minimum atomic E-state index is -0.575. The number of ether oxygens (including phenoxy) is 2. The molecule has 2 rings (SSSR count). The van der Waals surface area contributed by atoms with Crippen LogP contribution >= 0.6 is 0 Å². The Morgan fingerprint density at radius 1 is 1.13 bits per heavy atom. The average Bonchev–Trinajstić information content (AvgIpc) is 2.58. The summed E-state index contributed by atoms with van der Waals surface area (Å²) in [7, 11) is 1.67. The number of aliphatic hydroxyl groups excluding tert-OH is 1. The number of nitrogens with one attached hydrogen (secondary N) is 1. The van der Waals surface area contributed by atoms with E-state index in [0.29, 0.717) is 6.54 Å². The normalized spacial score (nSPS) is 13.4. The van der Waals surface area contributed by atoms with E-state index >= 15 is 0 Å². The highest BCUT2D eigenvalue weighted by Crippen LogP contribution is 2.25. The van der Waals surface area contributed by atoms with Crippen molar-refractivity contribution in [3.8, 4) is 11.5 Å². The summed E-state index contributed by atoms with van der Waals surface area (Å²) in [5.41, 5.74) is 2.27. The lowest BCUT2D eigenvalue weighted by atomic mass is 10.0. The summed E-state index contributed by atoms with van der Waals surface area (Å²) >= 11 is 0. The molecule has 2 aromatic rings. The fraction of sp³-hybridized carbons (Fsp3) is 0.368. The minimum Gasteiger partial charge on any atom is -0.496 e. The molecule has 0 radical (unpaired) electrons. The Hall–Kier alpha value is -2.04. The second-order valence-corrected chi connectivity index (χ2v) is 5.65. The van der Waals surface area contributed by atoms with Crippen molar-refractivity contribution in [2.75, 3.05) is 20.3 Å². The molecule has 0 bridgehead atoms. The van der Waals surface area contributed by atoms with E-state index in [1.54, 1.807) is 7.11 Å². The maximum atomic E-state index is 10.1. The molecule has 2 unspecified atom stereocenters.